The molecule has 0 rings (SSSR count). The van der Waals surface area contributed by atoms with Gasteiger partial charge in [-0.05, 0) is 40.2 Å². The van der Waals surface area contributed by atoms with Crippen molar-refractivity contribution >= 4 is 12.1 Å². The van der Waals surface area contributed by atoms with Crippen molar-refractivity contribution in [2.75, 3.05) is 13.7 Å². The van der Waals surface area contributed by atoms with Crippen molar-refractivity contribution in [3.63, 3.8) is 0 Å². The molecule has 0 aromatic rings. The van der Waals surface area contributed by atoms with E-state index in [4.69, 9.17) is 10.5 Å². The third-order valence-corrected chi connectivity index (χ3v) is 2.37. The summed E-state index contributed by atoms with van der Waals surface area (Å²) in [5.74, 6) is -0.460. The molecule has 0 aromatic carbocycles. The zero-order valence-corrected chi connectivity index (χ0v) is 12.3. The van der Waals surface area contributed by atoms with Gasteiger partial charge in [-0.15, -0.1) is 0 Å². The lowest BCUT2D eigenvalue weighted by molar-refractivity contribution is -0.143. The summed E-state index contributed by atoms with van der Waals surface area (Å²) in [4.78, 5) is 23.2. The first-order chi connectivity index (χ1) is 8.80. The number of nitrogens with two attached hydrogens (primary N) is 1. The van der Waals surface area contributed by atoms with Crippen LogP contribution in [0.5, 0.6) is 0 Å². The van der Waals surface area contributed by atoms with E-state index in [0.29, 0.717) is 13.0 Å². The second-order valence-corrected chi connectivity index (χ2v) is 5.36. The van der Waals surface area contributed by atoms with E-state index < -0.39 is 23.7 Å². The number of alkyl carbamates (subject to hydrolysis) is 1. The van der Waals surface area contributed by atoms with Crippen LogP contribution in [0.25, 0.3) is 0 Å². The third-order valence-electron chi connectivity index (χ3n) is 2.37. The van der Waals surface area contributed by atoms with E-state index in [1.165, 1.54) is 7.11 Å². The van der Waals surface area contributed by atoms with Crippen molar-refractivity contribution in [2.24, 2.45) is 5.73 Å². The number of methoxy groups -OCH3 is 1. The summed E-state index contributed by atoms with van der Waals surface area (Å²) in [6, 6.07) is -0.669. The van der Waals surface area contributed by atoms with E-state index in [1.54, 1.807) is 20.8 Å². The molecular formula is C13H26N2O4. The summed E-state index contributed by atoms with van der Waals surface area (Å²) in [7, 11) is 1.30. The fourth-order valence-corrected chi connectivity index (χ4v) is 1.51. The largest absolute Gasteiger partial charge is 0.467 e. The lowest BCUT2D eigenvalue weighted by Gasteiger charge is -2.22. The second-order valence-electron chi connectivity index (χ2n) is 5.36. The van der Waals surface area contributed by atoms with Gasteiger partial charge in [-0.2, -0.15) is 0 Å². The molecule has 19 heavy (non-hydrogen) atoms. The number of ether oxygens (including phenoxy) is 2. The van der Waals surface area contributed by atoms with Crippen LogP contribution in [0.3, 0.4) is 0 Å². The molecule has 0 fully saturated rings. The van der Waals surface area contributed by atoms with Crippen molar-refractivity contribution in [3.05, 3.63) is 0 Å². The van der Waals surface area contributed by atoms with Gasteiger partial charge in [0.1, 0.15) is 11.6 Å². The molecule has 0 radical (unpaired) electrons. The monoisotopic (exact) mass is 274 g/mol. The average molecular weight is 274 g/mol. The Labute approximate surface area is 115 Å². The first kappa shape index (κ1) is 17.7. The highest BCUT2D eigenvalue weighted by atomic mass is 16.6. The van der Waals surface area contributed by atoms with E-state index in [-0.39, 0.29) is 0 Å². The van der Waals surface area contributed by atoms with E-state index in [1.807, 2.05) is 0 Å². The number of unbranched alkanes of at least 4 members (excludes halogenated alkanes) is 2. The summed E-state index contributed by atoms with van der Waals surface area (Å²) in [6.45, 7) is 5.92. The van der Waals surface area contributed by atoms with Gasteiger partial charge in [-0.1, -0.05) is 12.8 Å². The van der Waals surface area contributed by atoms with Gasteiger partial charge in [-0.25, -0.2) is 9.59 Å². The van der Waals surface area contributed by atoms with Gasteiger partial charge >= 0.3 is 12.1 Å². The molecule has 0 saturated carbocycles. The molecule has 0 unspecified atom stereocenters. The molecule has 1 amide bonds. The molecule has 0 aliphatic heterocycles. The number of hydrogen-bond donors (Lipinski definition) is 2. The summed E-state index contributed by atoms with van der Waals surface area (Å²) in [5, 5.41) is 2.53. The van der Waals surface area contributed by atoms with Crippen molar-refractivity contribution in [1.29, 1.82) is 0 Å². The first-order valence-corrected chi connectivity index (χ1v) is 6.57. The average Bonchev–Trinajstić information content (AvgIpc) is 2.29. The SMILES string of the molecule is COC(=O)[C@H](CCCCCN)NC(=O)OC(C)(C)C. The Morgan fingerprint density at radius 1 is 1.21 bits per heavy atom. The summed E-state index contributed by atoms with van der Waals surface area (Å²) in [5.41, 5.74) is 4.81. The lowest BCUT2D eigenvalue weighted by atomic mass is 10.1. The zero-order valence-electron chi connectivity index (χ0n) is 12.3. The fraction of sp³-hybridized carbons (Fsp3) is 0.846. The van der Waals surface area contributed by atoms with Crippen LogP contribution in [-0.4, -0.2) is 37.4 Å². The Hall–Kier alpha value is -1.30. The molecule has 0 spiro atoms. The molecule has 3 N–H and O–H groups in total. The van der Waals surface area contributed by atoms with E-state index in [2.05, 4.69) is 10.1 Å². The minimum absolute atomic E-state index is 0.460. The normalized spacial score (nSPS) is 12.7. The zero-order chi connectivity index (χ0) is 14.9. The van der Waals surface area contributed by atoms with Crippen LogP contribution in [0.4, 0.5) is 4.79 Å². The van der Waals surface area contributed by atoms with Gasteiger partial charge in [0.15, 0.2) is 0 Å². The quantitative estimate of drug-likeness (QED) is 0.543. The number of carbonyl (C=O) groups is 2. The van der Waals surface area contributed by atoms with Crippen molar-refractivity contribution in [3.8, 4) is 0 Å². The summed E-state index contributed by atoms with van der Waals surface area (Å²) >= 11 is 0. The topological polar surface area (TPSA) is 90.6 Å². The molecule has 6 heteroatoms. The van der Waals surface area contributed by atoms with Crippen LogP contribution < -0.4 is 11.1 Å². The minimum atomic E-state index is -0.669. The van der Waals surface area contributed by atoms with Crippen molar-refractivity contribution < 1.29 is 19.1 Å². The Bertz CT molecular complexity index is 287. The van der Waals surface area contributed by atoms with Gasteiger partial charge in [0.25, 0.3) is 0 Å². The molecule has 6 nitrogen and oxygen atoms in total. The maximum Gasteiger partial charge on any atom is 0.408 e. The number of carbonyl (C=O) groups excluding carboxylic acids is 2. The number of amides is 1. The van der Waals surface area contributed by atoms with Gasteiger partial charge in [0.05, 0.1) is 7.11 Å². The van der Waals surface area contributed by atoms with E-state index in [9.17, 15) is 9.59 Å². The molecule has 0 aliphatic rings. The summed E-state index contributed by atoms with van der Waals surface area (Å²) < 4.78 is 9.78. The third kappa shape index (κ3) is 9.30. The van der Waals surface area contributed by atoms with Crippen molar-refractivity contribution in [2.45, 2.75) is 58.1 Å². The smallest absolute Gasteiger partial charge is 0.408 e. The standard InChI is InChI=1S/C13H26N2O4/c1-13(2,3)19-12(17)15-10(11(16)18-4)8-6-5-7-9-14/h10H,5-9,14H2,1-4H3,(H,15,17)/t10-/m0/s1. The van der Waals surface area contributed by atoms with Crippen LogP contribution in [0.2, 0.25) is 0 Å². The Balaban J connectivity index is 4.27. The molecule has 0 aliphatic carbocycles. The Morgan fingerprint density at radius 3 is 2.32 bits per heavy atom. The maximum absolute atomic E-state index is 11.6. The maximum atomic E-state index is 11.6. The number of nitrogens with one attached hydrogen (secondary N) is 1. The molecule has 0 saturated heterocycles. The van der Waals surface area contributed by atoms with Crippen LogP contribution in [0.1, 0.15) is 46.5 Å². The van der Waals surface area contributed by atoms with Gasteiger partial charge in [-0.3, -0.25) is 0 Å². The second kappa shape index (κ2) is 8.74. The van der Waals surface area contributed by atoms with Crippen LogP contribution in [0.15, 0.2) is 0 Å². The minimum Gasteiger partial charge on any atom is -0.467 e. The molecular weight excluding hydrogens is 248 g/mol. The molecule has 0 bridgehead atoms. The van der Waals surface area contributed by atoms with Gasteiger partial charge in [0, 0.05) is 0 Å². The molecule has 0 aromatic heterocycles. The first-order valence-electron chi connectivity index (χ1n) is 6.57. The molecule has 1 atom stereocenters. The number of esters is 1. The number of rotatable bonds is 7. The Morgan fingerprint density at radius 2 is 1.84 bits per heavy atom. The predicted molar refractivity (Wildman–Crippen MR) is 72.7 cm³/mol. The van der Waals surface area contributed by atoms with Crippen LogP contribution in [-0.2, 0) is 14.3 Å². The van der Waals surface area contributed by atoms with E-state index >= 15 is 0 Å². The molecule has 0 heterocycles. The lowest BCUT2D eigenvalue weighted by Crippen LogP contribution is -2.44. The van der Waals surface area contributed by atoms with Gasteiger partial charge in [0.2, 0.25) is 0 Å². The van der Waals surface area contributed by atoms with Crippen molar-refractivity contribution in [1.82, 2.24) is 5.32 Å². The Kier molecular flexibility index (Phi) is 8.14. The summed E-state index contributed by atoms with van der Waals surface area (Å²) in [6.07, 6.45) is 2.53. The predicted octanol–water partition coefficient (Wildman–Crippen LogP) is 1.57. The van der Waals surface area contributed by atoms with E-state index in [0.717, 1.165) is 19.3 Å². The van der Waals surface area contributed by atoms with Crippen LogP contribution >= 0.6 is 0 Å². The van der Waals surface area contributed by atoms with Gasteiger partial charge < -0.3 is 20.5 Å². The highest BCUT2D eigenvalue weighted by Crippen LogP contribution is 2.09. The fourth-order valence-electron chi connectivity index (χ4n) is 1.51. The highest BCUT2D eigenvalue weighted by Gasteiger charge is 2.24. The highest BCUT2D eigenvalue weighted by molar-refractivity contribution is 5.81. The van der Waals surface area contributed by atoms with Crippen LogP contribution in [0, 0.1) is 0 Å². The molecule has 112 valence electrons. The number of hydrogen-bond acceptors (Lipinski definition) is 5.